The quantitative estimate of drug-likeness (QED) is 0.431. The first-order valence-electron chi connectivity index (χ1n) is 11.1. The molecule has 1 fully saturated rings. The van der Waals surface area contributed by atoms with E-state index in [0.29, 0.717) is 18.8 Å². The normalized spacial score (nSPS) is 13.9. The molecule has 0 N–H and O–H groups in total. The lowest BCUT2D eigenvalue weighted by molar-refractivity contribution is 0.443. The topological polar surface area (TPSA) is 50.8 Å². The van der Waals surface area contributed by atoms with Gasteiger partial charge in [-0.1, -0.05) is 55.7 Å². The standard InChI is InChI=1S/C28H27N3/c29-20-18-22-6-12-26(13-7-22)31(27-14-8-23(9-15-27)19-21-30)28-16-10-25(11-17-28)24-4-2-1-3-5-24/h6-17,24H,1-5,18-19H2. The van der Waals surface area contributed by atoms with Crippen LogP contribution in [0.2, 0.25) is 0 Å². The van der Waals surface area contributed by atoms with Crippen molar-refractivity contribution in [1.29, 1.82) is 10.5 Å². The first-order chi connectivity index (χ1) is 15.3. The summed E-state index contributed by atoms with van der Waals surface area (Å²) in [7, 11) is 0. The van der Waals surface area contributed by atoms with Gasteiger partial charge in [0.15, 0.2) is 0 Å². The molecule has 0 spiro atoms. The summed E-state index contributed by atoms with van der Waals surface area (Å²) in [6.45, 7) is 0. The summed E-state index contributed by atoms with van der Waals surface area (Å²) in [5, 5.41) is 17.9. The zero-order valence-electron chi connectivity index (χ0n) is 17.8. The highest BCUT2D eigenvalue weighted by Gasteiger charge is 2.17. The van der Waals surface area contributed by atoms with Gasteiger partial charge in [-0.3, -0.25) is 0 Å². The van der Waals surface area contributed by atoms with Crippen LogP contribution in [0.15, 0.2) is 72.8 Å². The van der Waals surface area contributed by atoms with E-state index in [1.165, 1.54) is 37.7 Å². The van der Waals surface area contributed by atoms with E-state index in [2.05, 4.69) is 65.6 Å². The molecule has 0 aliphatic heterocycles. The average Bonchev–Trinajstić information content (AvgIpc) is 2.83. The van der Waals surface area contributed by atoms with E-state index < -0.39 is 0 Å². The van der Waals surface area contributed by atoms with E-state index in [1.807, 2.05) is 24.3 Å². The maximum absolute atomic E-state index is 8.97. The van der Waals surface area contributed by atoms with Gasteiger partial charge in [-0.25, -0.2) is 0 Å². The van der Waals surface area contributed by atoms with Crippen LogP contribution in [-0.4, -0.2) is 0 Å². The summed E-state index contributed by atoms with van der Waals surface area (Å²) in [4.78, 5) is 2.23. The molecule has 3 aromatic carbocycles. The Kier molecular flexibility index (Phi) is 6.65. The van der Waals surface area contributed by atoms with Crippen LogP contribution in [0.1, 0.15) is 54.7 Å². The summed E-state index contributed by atoms with van der Waals surface area (Å²) in [6, 6.07) is 29.8. The van der Waals surface area contributed by atoms with Crippen LogP contribution in [0.25, 0.3) is 0 Å². The van der Waals surface area contributed by atoms with Crippen LogP contribution in [0.3, 0.4) is 0 Å². The van der Waals surface area contributed by atoms with Gasteiger partial charge in [-0.05, 0) is 71.8 Å². The fourth-order valence-corrected chi connectivity index (χ4v) is 4.49. The third kappa shape index (κ3) is 4.96. The highest BCUT2D eigenvalue weighted by molar-refractivity contribution is 5.76. The van der Waals surface area contributed by atoms with Gasteiger partial charge >= 0.3 is 0 Å². The summed E-state index contributed by atoms with van der Waals surface area (Å²) >= 11 is 0. The molecule has 154 valence electrons. The minimum atomic E-state index is 0.416. The number of anilines is 3. The van der Waals surface area contributed by atoms with Crippen LogP contribution in [-0.2, 0) is 12.8 Å². The van der Waals surface area contributed by atoms with Crippen LogP contribution in [0, 0.1) is 22.7 Å². The van der Waals surface area contributed by atoms with Crippen molar-refractivity contribution in [2.75, 3.05) is 4.90 Å². The molecule has 3 nitrogen and oxygen atoms in total. The van der Waals surface area contributed by atoms with Crippen LogP contribution >= 0.6 is 0 Å². The van der Waals surface area contributed by atoms with Crippen LogP contribution < -0.4 is 4.90 Å². The maximum Gasteiger partial charge on any atom is 0.0669 e. The molecule has 4 rings (SSSR count). The number of benzene rings is 3. The van der Waals surface area contributed by atoms with E-state index >= 15 is 0 Å². The first kappa shape index (κ1) is 20.7. The van der Waals surface area contributed by atoms with Crippen molar-refractivity contribution >= 4 is 17.1 Å². The number of nitrogens with zero attached hydrogens (tertiary/aromatic N) is 3. The molecule has 1 saturated carbocycles. The second-order valence-electron chi connectivity index (χ2n) is 8.26. The molecular weight excluding hydrogens is 378 g/mol. The monoisotopic (exact) mass is 405 g/mol. The Morgan fingerprint density at radius 3 is 1.45 bits per heavy atom. The molecule has 0 unspecified atom stereocenters. The van der Waals surface area contributed by atoms with Gasteiger partial charge in [0.2, 0.25) is 0 Å². The lowest BCUT2D eigenvalue weighted by Crippen LogP contribution is -2.11. The third-order valence-corrected chi connectivity index (χ3v) is 6.18. The highest BCUT2D eigenvalue weighted by atomic mass is 15.1. The molecule has 1 aliphatic rings. The molecular formula is C28H27N3. The van der Waals surface area contributed by atoms with Crippen molar-refractivity contribution in [3.8, 4) is 12.1 Å². The second kappa shape index (κ2) is 9.96. The molecule has 0 atom stereocenters. The van der Waals surface area contributed by atoms with Crippen molar-refractivity contribution in [2.24, 2.45) is 0 Å². The predicted molar refractivity (Wildman–Crippen MR) is 126 cm³/mol. The Morgan fingerprint density at radius 2 is 1.03 bits per heavy atom. The molecule has 0 radical (unpaired) electrons. The van der Waals surface area contributed by atoms with Gasteiger partial charge in [0.25, 0.3) is 0 Å². The van der Waals surface area contributed by atoms with Gasteiger partial charge in [0.1, 0.15) is 0 Å². The first-order valence-corrected chi connectivity index (χ1v) is 11.1. The summed E-state index contributed by atoms with van der Waals surface area (Å²) in [6.07, 6.45) is 7.46. The van der Waals surface area contributed by atoms with E-state index in [4.69, 9.17) is 10.5 Å². The predicted octanol–water partition coefficient (Wildman–Crippen LogP) is 7.34. The van der Waals surface area contributed by atoms with E-state index in [0.717, 1.165) is 28.2 Å². The van der Waals surface area contributed by atoms with E-state index in [1.54, 1.807) is 0 Å². The lowest BCUT2D eigenvalue weighted by atomic mass is 9.84. The lowest BCUT2D eigenvalue weighted by Gasteiger charge is -2.27. The van der Waals surface area contributed by atoms with Crippen LogP contribution in [0.5, 0.6) is 0 Å². The fraction of sp³-hybridized carbons (Fsp3) is 0.286. The Bertz CT molecular complexity index is 1000. The molecule has 3 heteroatoms. The molecule has 0 amide bonds. The van der Waals surface area contributed by atoms with E-state index in [9.17, 15) is 0 Å². The van der Waals surface area contributed by atoms with Gasteiger partial charge in [0, 0.05) is 17.1 Å². The molecule has 0 saturated heterocycles. The number of hydrogen-bond donors (Lipinski definition) is 0. The Labute approximate surface area is 185 Å². The van der Waals surface area contributed by atoms with Crippen molar-refractivity contribution in [2.45, 2.75) is 50.9 Å². The Balaban J connectivity index is 1.67. The number of hydrogen-bond acceptors (Lipinski definition) is 3. The SMILES string of the molecule is N#CCc1ccc(N(c2ccc(CC#N)cc2)c2ccc(C3CCCCC3)cc2)cc1. The highest BCUT2D eigenvalue weighted by Crippen LogP contribution is 2.37. The summed E-state index contributed by atoms with van der Waals surface area (Å²) < 4.78 is 0. The zero-order chi connectivity index (χ0) is 21.5. The molecule has 31 heavy (non-hydrogen) atoms. The Hall–Kier alpha value is -3.56. The largest absolute Gasteiger partial charge is 0.311 e. The van der Waals surface area contributed by atoms with Crippen molar-refractivity contribution in [3.05, 3.63) is 89.5 Å². The van der Waals surface area contributed by atoms with Gasteiger partial charge in [-0.2, -0.15) is 10.5 Å². The van der Waals surface area contributed by atoms with Gasteiger partial charge < -0.3 is 4.90 Å². The molecule has 1 aliphatic carbocycles. The molecule has 3 aromatic rings. The number of rotatable bonds is 6. The minimum Gasteiger partial charge on any atom is -0.311 e. The molecule has 0 bridgehead atoms. The zero-order valence-corrected chi connectivity index (χ0v) is 17.8. The third-order valence-electron chi connectivity index (χ3n) is 6.18. The van der Waals surface area contributed by atoms with Gasteiger partial charge in [0.05, 0.1) is 25.0 Å². The van der Waals surface area contributed by atoms with Gasteiger partial charge in [-0.15, -0.1) is 0 Å². The van der Waals surface area contributed by atoms with Crippen LogP contribution in [0.4, 0.5) is 17.1 Å². The maximum atomic E-state index is 8.97. The fourth-order valence-electron chi connectivity index (χ4n) is 4.49. The number of nitriles is 2. The minimum absolute atomic E-state index is 0.416. The average molecular weight is 406 g/mol. The Morgan fingerprint density at radius 1 is 0.613 bits per heavy atom. The van der Waals surface area contributed by atoms with Crippen molar-refractivity contribution < 1.29 is 0 Å². The van der Waals surface area contributed by atoms with E-state index in [-0.39, 0.29) is 0 Å². The molecule has 0 aromatic heterocycles. The smallest absolute Gasteiger partial charge is 0.0669 e. The second-order valence-corrected chi connectivity index (χ2v) is 8.26. The summed E-state index contributed by atoms with van der Waals surface area (Å²) in [5.41, 5.74) is 6.70. The molecule has 0 heterocycles. The van der Waals surface area contributed by atoms with Crippen molar-refractivity contribution in [3.63, 3.8) is 0 Å². The summed E-state index contributed by atoms with van der Waals surface area (Å²) in [5.74, 6) is 0.687. The van der Waals surface area contributed by atoms with Crippen molar-refractivity contribution in [1.82, 2.24) is 0 Å².